The largest absolute Gasteiger partial charge is 0.350 e. The van der Waals surface area contributed by atoms with E-state index in [1.165, 1.54) is 4.31 Å². The summed E-state index contributed by atoms with van der Waals surface area (Å²) in [6.45, 7) is 6.03. The second-order valence-electron chi connectivity index (χ2n) is 6.17. The fourth-order valence-electron chi connectivity index (χ4n) is 2.55. The number of benzene rings is 2. The Kier molecular flexibility index (Phi) is 7.33. The summed E-state index contributed by atoms with van der Waals surface area (Å²) in [6.07, 6.45) is 2.79. The van der Waals surface area contributed by atoms with Crippen molar-refractivity contribution in [3.63, 3.8) is 0 Å². The Morgan fingerprint density at radius 2 is 1.67 bits per heavy atom. The van der Waals surface area contributed by atoms with E-state index in [-0.39, 0.29) is 16.8 Å². The predicted octanol–water partition coefficient (Wildman–Crippen LogP) is 4.15. The molecule has 0 saturated heterocycles. The monoisotopic (exact) mass is 406 g/mol. The Balaban J connectivity index is 2.27. The molecular formula is C20H26N2O3S2. The minimum atomic E-state index is -3.66. The van der Waals surface area contributed by atoms with Crippen LogP contribution < -0.4 is 9.62 Å². The molecule has 0 saturated carbocycles. The van der Waals surface area contributed by atoms with Crippen LogP contribution in [0.25, 0.3) is 0 Å². The molecule has 2 aromatic carbocycles. The molecule has 2 aromatic rings. The van der Waals surface area contributed by atoms with Gasteiger partial charge in [0.2, 0.25) is 0 Å². The molecule has 0 spiro atoms. The minimum Gasteiger partial charge on any atom is -0.350 e. The smallest absolute Gasteiger partial charge is 0.264 e. The van der Waals surface area contributed by atoms with Crippen LogP contribution in [0.4, 0.5) is 5.69 Å². The number of sulfonamides is 1. The number of amides is 1. The summed E-state index contributed by atoms with van der Waals surface area (Å²) < 4.78 is 27.4. The lowest BCUT2D eigenvalue weighted by Crippen LogP contribution is -2.32. The highest BCUT2D eigenvalue weighted by Crippen LogP contribution is 2.25. The van der Waals surface area contributed by atoms with Crippen molar-refractivity contribution < 1.29 is 13.2 Å². The van der Waals surface area contributed by atoms with E-state index in [0.29, 0.717) is 17.8 Å². The molecule has 0 bridgehead atoms. The second kappa shape index (κ2) is 9.28. The third kappa shape index (κ3) is 5.05. The molecule has 0 fully saturated rings. The van der Waals surface area contributed by atoms with Gasteiger partial charge < -0.3 is 5.32 Å². The quantitative estimate of drug-likeness (QED) is 0.669. The number of nitrogens with zero attached hydrogens (tertiary/aromatic N) is 1. The zero-order chi connectivity index (χ0) is 20.0. The predicted molar refractivity (Wildman–Crippen MR) is 112 cm³/mol. The third-order valence-electron chi connectivity index (χ3n) is 4.34. The van der Waals surface area contributed by atoms with Gasteiger partial charge in [-0.15, -0.1) is 11.8 Å². The molecule has 5 nitrogen and oxygen atoms in total. The van der Waals surface area contributed by atoms with E-state index >= 15 is 0 Å². The zero-order valence-corrected chi connectivity index (χ0v) is 17.7. The normalized spacial score (nSPS) is 12.4. The highest BCUT2D eigenvalue weighted by Gasteiger charge is 2.23. The van der Waals surface area contributed by atoms with E-state index in [4.69, 9.17) is 0 Å². The number of hydrogen-bond donors (Lipinski definition) is 1. The lowest BCUT2D eigenvalue weighted by atomic mass is 10.1. The average molecular weight is 407 g/mol. The Morgan fingerprint density at radius 3 is 2.15 bits per heavy atom. The molecule has 27 heavy (non-hydrogen) atoms. The van der Waals surface area contributed by atoms with Crippen LogP contribution in [-0.2, 0) is 10.0 Å². The Hall–Kier alpha value is -1.99. The van der Waals surface area contributed by atoms with Gasteiger partial charge in [-0.2, -0.15) is 0 Å². The number of nitrogens with one attached hydrogen (secondary N) is 1. The SMILES string of the molecule is CC[C@@H](C)NC(=O)c1ccc(N(CC)S(=O)(=O)c2ccc(SC)cc2)cc1. The van der Waals surface area contributed by atoms with Crippen molar-refractivity contribution >= 4 is 33.4 Å². The first-order chi connectivity index (χ1) is 12.8. The van der Waals surface area contributed by atoms with Crippen molar-refractivity contribution in [2.45, 2.75) is 43.0 Å². The fourth-order valence-corrected chi connectivity index (χ4v) is 4.44. The maximum absolute atomic E-state index is 13.0. The van der Waals surface area contributed by atoms with E-state index in [0.717, 1.165) is 11.3 Å². The highest BCUT2D eigenvalue weighted by atomic mass is 32.2. The van der Waals surface area contributed by atoms with Crippen molar-refractivity contribution in [3.05, 3.63) is 54.1 Å². The van der Waals surface area contributed by atoms with Gasteiger partial charge in [-0.25, -0.2) is 8.42 Å². The lowest BCUT2D eigenvalue weighted by Gasteiger charge is -2.23. The molecule has 0 unspecified atom stereocenters. The average Bonchev–Trinajstić information content (AvgIpc) is 2.68. The van der Waals surface area contributed by atoms with E-state index < -0.39 is 10.0 Å². The first kappa shape index (κ1) is 21.3. The van der Waals surface area contributed by atoms with Gasteiger partial charge in [0.05, 0.1) is 10.6 Å². The van der Waals surface area contributed by atoms with Crippen LogP contribution in [-0.4, -0.2) is 33.2 Å². The molecule has 0 aliphatic carbocycles. The maximum Gasteiger partial charge on any atom is 0.264 e. The Labute approximate surface area is 166 Å². The molecule has 0 heterocycles. The molecular weight excluding hydrogens is 380 g/mol. The van der Waals surface area contributed by atoms with Gasteiger partial charge in [-0.1, -0.05) is 6.92 Å². The fraction of sp³-hybridized carbons (Fsp3) is 0.350. The van der Waals surface area contributed by atoms with Crippen molar-refractivity contribution in [1.29, 1.82) is 0 Å². The van der Waals surface area contributed by atoms with E-state index in [2.05, 4.69) is 5.32 Å². The number of anilines is 1. The van der Waals surface area contributed by atoms with Gasteiger partial charge in [0, 0.05) is 23.0 Å². The van der Waals surface area contributed by atoms with Gasteiger partial charge in [0.25, 0.3) is 15.9 Å². The molecule has 2 rings (SSSR count). The Bertz CT molecular complexity index is 863. The number of thioether (sulfide) groups is 1. The maximum atomic E-state index is 13.0. The van der Waals surface area contributed by atoms with Crippen LogP contribution in [0.5, 0.6) is 0 Å². The summed E-state index contributed by atoms with van der Waals surface area (Å²) >= 11 is 1.56. The minimum absolute atomic E-state index is 0.0916. The number of carbonyl (C=O) groups is 1. The van der Waals surface area contributed by atoms with Gasteiger partial charge in [0.15, 0.2) is 0 Å². The van der Waals surface area contributed by atoms with Crippen molar-refractivity contribution in [3.8, 4) is 0 Å². The molecule has 1 amide bonds. The molecule has 0 aromatic heterocycles. The molecule has 1 N–H and O–H groups in total. The summed E-state index contributed by atoms with van der Waals surface area (Å²) in [4.78, 5) is 13.5. The third-order valence-corrected chi connectivity index (χ3v) is 7.00. The van der Waals surface area contributed by atoms with Crippen molar-refractivity contribution in [2.75, 3.05) is 17.1 Å². The van der Waals surface area contributed by atoms with Crippen molar-refractivity contribution in [2.24, 2.45) is 0 Å². The Morgan fingerprint density at radius 1 is 1.07 bits per heavy atom. The topological polar surface area (TPSA) is 66.5 Å². The molecule has 7 heteroatoms. The van der Waals surface area contributed by atoms with Crippen LogP contribution >= 0.6 is 11.8 Å². The van der Waals surface area contributed by atoms with Gasteiger partial charge in [-0.3, -0.25) is 9.10 Å². The van der Waals surface area contributed by atoms with Crippen LogP contribution in [0.3, 0.4) is 0 Å². The summed E-state index contributed by atoms with van der Waals surface area (Å²) in [5, 5.41) is 2.90. The van der Waals surface area contributed by atoms with E-state index in [9.17, 15) is 13.2 Å². The van der Waals surface area contributed by atoms with Crippen LogP contribution in [0.1, 0.15) is 37.6 Å². The summed E-state index contributed by atoms with van der Waals surface area (Å²) in [5.74, 6) is -0.158. The van der Waals surface area contributed by atoms with Gasteiger partial charge >= 0.3 is 0 Å². The highest BCUT2D eigenvalue weighted by molar-refractivity contribution is 7.98. The number of hydrogen-bond acceptors (Lipinski definition) is 4. The molecule has 146 valence electrons. The van der Waals surface area contributed by atoms with Gasteiger partial charge in [-0.05, 0) is 75.1 Å². The van der Waals surface area contributed by atoms with Crippen LogP contribution in [0.2, 0.25) is 0 Å². The molecule has 0 radical (unpaired) electrons. The van der Waals surface area contributed by atoms with Crippen molar-refractivity contribution in [1.82, 2.24) is 5.32 Å². The van der Waals surface area contributed by atoms with E-state index in [1.54, 1.807) is 67.2 Å². The van der Waals surface area contributed by atoms with E-state index in [1.807, 2.05) is 20.1 Å². The summed E-state index contributed by atoms with van der Waals surface area (Å²) in [6, 6.07) is 13.6. The molecule has 0 aliphatic heterocycles. The van der Waals surface area contributed by atoms with Gasteiger partial charge in [0.1, 0.15) is 0 Å². The standard InChI is InChI=1S/C20H26N2O3S2/c1-5-15(3)21-20(23)16-7-9-17(10-8-16)22(6-2)27(24,25)19-13-11-18(26-4)12-14-19/h7-15H,5-6H2,1-4H3,(H,21,23)/t15-/m1/s1. The zero-order valence-electron chi connectivity index (χ0n) is 16.1. The van der Waals surface area contributed by atoms with Crippen LogP contribution in [0.15, 0.2) is 58.3 Å². The number of carbonyl (C=O) groups excluding carboxylic acids is 1. The van der Waals surface area contributed by atoms with Crippen LogP contribution in [0, 0.1) is 0 Å². The first-order valence-corrected chi connectivity index (χ1v) is 11.6. The molecule has 0 aliphatic rings. The summed E-state index contributed by atoms with van der Waals surface area (Å²) in [5.41, 5.74) is 1.04. The molecule has 1 atom stereocenters. The first-order valence-electron chi connectivity index (χ1n) is 8.91. The number of rotatable bonds is 8. The summed E-state index contributed by atoms with van der Waals surface area (Å²) in [7, 11) is -3.66. The second-order valence-corrected chi connectivity index (χ2v) is 8.92. The lowest BCUT2D eigenvalue weighted by molar-refractivity contribution is 0.0939.